The summed E-state index contributed by atoms with van der Waals surface area (Å²) in [4.78, 5) is 14.4. The van der Waals surface area contributed by atoms with Gasteiger partial charge in [0.1, 0.15) is 5.75 Å². The SMILES string of the molecule is CCOc1ccc(S(=O)(=O)N=C2C=C(Sc3ccc(C)cc3)C(=O)c3ccccc32)cc1. The van der Waals surface area contributed by atoms with Crippen LogP contribution in [0.1, 0.15) is 28.4 Å². The molecule has 0 unspecified atom stereocenters. The number of allylic oxidation sites excluding steroid dienone is 2. The van der Waals surface area contributed by atoms with Gasteiger partial charge in [-0.05, 0) is 56.3 Å². The third-order valence-electron chi connectivity index (χ3n) is 4.84. The fourth-order valence-corrected chi connectivity index (χ4v) is 5.14. The third kappa shape index (κ3) is 4.69. The van der Waals surface area contributed by atoms with Crippen molar-refractivity contribution < 1.29 is 17.9 Å². The maximum absolute atomic E-state index is 13.1. The Bertz CT molecular complexity index is 1320. The van der Waals surface area contributed by atoms with Crippen molar-refractivity contribution >= 4 is 33.3 Å². The Morgan fingerprint density at radius 3 is 2.22 bits per heavy atom. The van der Waals surface area contributed by atoms with Crippen molar-refractivity contribution in [2.45, 2.75) is 23.6 Å². The van der Waals surface area contributed by atoms with Gasteiger partial charge in [-0.2, -0.15) is 12.8 Å². The molecule has 0 aromatic heterocycles. The molecule has 0 heterocycles. The molecule has 0 spiro atoms. The van der Waals surface area contributed by atoms with Crippen molar-refractivity contribution in [1.29, 1.82) is 0 Å². The minimum atomic E-state index is -3.99. The second kappa shape index (κ2) is 9.14. The van der Waals surface area contributed by atoms with E-state index < -0.39 is 10.0 Å². The number of sulfonamides is 1. The Morgan fingerprint density at radius 2 is 1.56 bits per heavy atom. The van der Waals surface area contributed by atoms with Crippen molar-refractivity contribution in [3.63, 3.8) is 0 Å². The first-order valence-electron chi connectivity index (χ1n) is 10.1. The summed E-state index contributed by atoms with van der Waals surface area (Å²) in [7, 11) is -3.99. The number of aryl methyl sites for hydroxylation is 1. The fourth-order valence-electron chi connectivity index (χ4n) is 3.25. The fraction of sp³-hybridized carbons (Fsp3) is 0.120. The third-order valence-corrected chi connectivity index (χ3v) is 7.18. The van der Waals surface area contributed by atoms with E-state index in [1.54, 1.807) is 42.5 Å². The van der Waals surface area contributed by atoms with Crippen molar-refractivity contribution in [3.05, 3.63) is 100 Å². The molecular weight excluding hydrogens is 442 g/mol. The second-order valence-electron chi connectivity index (χ2n) is 7.15. The Kier molecular flexibility index (Phi) is 6.30. The highest BCUT2D eigenvalue weighted by molar-refractivity contribution is 8.04. The molecular formula is C25H21NO4S2. The Hall–Kier alpha value is -3.16. The minimum Gasteiger partial charge on any atom is -0.494 e. The molecule has 3 aromatic rings. The average Bonchev–Trinajstić information content (AvgIpc) is 2.79. The van der Waals surface area contributed by atoms with E-state index in [2.05, 4.69) is 4.40 Å². The van der Waals surface area contributed by atoms with Gasteiger partial charge < -0.3 is 4.74 Å². The summed E-state index contributed by atoms with van der Waals surface area (Å²) in [6.45, 7) is 4.34. The van der Waals surface area contributed by atoms with Crippen LogP contribution in [0.5, 0.6) is 5.75 Å². The smallest absolute Gasteiger partial charge is 0.282 e. The molecule has 0 N–H and O–H groups in total. The number of hydrogen-bond donors (Lipinski definition) is 0. The number of Topliss-reactive ketones (excluding diaryl/α,β-unsaturated/α-hetero) is 1. The lowest BCUT2D eigenvalue weighted by molar-refractivity contribution is 0.104. The Labute approximate surface area is 191 Å². The number of nitrogens with zero attached hydrogens (tertiary/aromatic N) is 1. The molecule has 4 rings (SSSR count). The maximum atomic E-state index is 13.1. The molecule has 0 saturated heterocycles. The van der Waals surface area contributed by atoms with Crippen LogP contribution in [0.2, 0.25) is 0 Å². The summed E-state index contributed by atoms with van der Waals surface area (Å²) < 4.78 is 35.5. The normalized spacial score (nSPS) is 14.8. The summed E-state index contributed by atoms with van der Waals surface area (Å²) >= 11 is 1.30. The van der Waals surface area contributed by atoms with Crippen LogP contribution in [-0.4, -0.2) is 26.5 Å². The van der Waals surface area contributed by atoms with Crippen LogP contribution in [-0.2, 0) is 10.0 Å². The van der Waals surface area contributed by atoms with Crippen molar-refractivity contribution in [3.8, 4) is 5.75 Å². The number of rotatable bonds is 6. The molecule has 32 heavy (non-hydrogen) atoms. The first-order chi connectivity index (χ1) is 15.4. The van der Waals surface area contributed by atoms with Gasteiger partial charge >= 0.3 is 0 Å². The van der Waals surface area contributed by atoms with E-state index in [9.17, 15) is 13.2 Å². The molecule has 0 bridgehead atoms. The summed E-state index contributed by atoms with van der Waals surface area (Å²) in [6, 6.07) is 20.9. The Balaban J connectivity index is 1.75. The van der Waals surface area contributed by atoms with Crippen molar-refractivity contribution in [2.24, 2.45) is 4.40 Å². The van der Waals surface area contributed by atoms with Crippen LogP contribution in [0.3, 0.4) is 0 Å². The average molecular weight is 464 g/mol. The molecule has 3 aromatic carbocycles. The van der Waals surface area contributed by atoms with E-state index >= 15 is 0 Å². The van der Waals surface area contributed by atoms with Gasteiger partial charge in [-0.15, -0.1) is 0 Å². The van der Waals surface area contributed by atoms with Gasteiger partial charge in [0.05, 0.1) is 22.1 Å². The van der Waals surface area contributed by atoms with E-state index in [0.717, 1.165) is 10.5 Å². The predicted octanol–water partition coefficient (Wildman–Crippen LogP) is 5.44. The van der Waals surface area contributed by atoms with E-state index in [1.165, 1.54) is 23.9 Å². The predicted molar refractivity (Wildman–Crippen MR) is 127 cm³/mol. The van der Waals surface area contributed by atoms with E-state index in [0.29, 0.717) is 28.4 Å². The van der Waals surface area contributed by atoms with Crippen LogP contribution < -0.4 is 4.74 Å². The number of ketones is 1. The molecule has 0 saturated carbocycles. The highest BCUT2D eigenvalue weighted by Crippen LogP contribution is 2.34. The van der Waals surface area contributed by atoms with Crippen LogP contribution in [0.15, 0.2) is 98.0 Å². The van der Waals surface area contributed by atoms with Gasteiger partial charge in [-0.3, -0.25) is 4.79 Å². The molecule has 0 fully saturated rings. The largest absolute Gasteiger partial charge is 0.494 e. The molecule has 0 radical (unpaired) electrons. The summed E-state index contributed by atoms with van der Waals surface area (Å²) in [5, 5.41) is 0. The number of carbonyl (C=O) groups is 1. The molecule has 5 nitrogen and oxygen atoms in total. The quantitative estimate of drug-likeness (QED) is 0.486. The van der Waals surface area contributed by atoms with E-state index in [4.69, 9.17) is 4.74 Å². The first kappa shape index (κ1) is 22.0. The summed E-state index contributed by atoms with van der Waals surface area (Å²) in [6.07, 6.45) is 1.56. The van der Waals surface area contributed by atoms with Crippen molar-refractivity contribution in [1.82, 2.24) is 0 Å². The van der Waals surface area contributed by atoms with Crippen LogP contribution in [0.25, 0.3) is 0 Å². The monoisotopic (exact) mass is 463 g/mol. The number of hydrogen-bond acceptors (Lipinski definition) is 5. The topological polar surface area (TPSA) is 72.8 Å². The Morgan fingerprint density at radius 1 is 0.906 bits per heavy atom. The highest BCUT2D eigenvalue weighted by atomic mass is 32.2. The molecule has 7 heteroatoms. The lowest BCUT2D eigenvalue weighted by atomic mass is 9.94. The van der Waals surface area contributed by atoms with Crippen LogP contribution in [0.4, 0.5) is 0 Å². The van der Waals surface area contributed by atoms with Crippen LogP contribution in [0, 0.1) is 6.92 Å². The molecule has 1 aliphatic rings. The molecule has 0 amide bonds. The van der Waals surface area contributed by atoms with Gasteiger partial charge in [-0.25, -0.2) is 0 Å². The lowest BCUT2D eigenvalue weighted by Crippen LogP contribution is -2.17. The van der Waals surface area contributed by atoms with Crippen LogP contribution >= 0.6 is 11.8 Å². The molecule has 0 aliphatic heterocycles. The number of thioether (sulfide) groups is 1. The van der Waals surface area contributed by atoms with Crippen molar-refractivity contribution in [2.75, 3.05) is 6.61 Å². The molecule has 1 aliphatic carbocycles. The zero-order chi connectivity index (χ0) is 22.7. The highest BCUT2D eigenvalue weighted by Gasteiger charge is 2.26. The maximum Gasteiger partial charge on any atom is 0.282 e. The molecule has 162 valence electrons. The number of benzene rings is 3. The van der Waals surface area contributed by atoms with Gasteiger partial charge in [0.25, 0.3) is 10.0 Å². The zero-order valence-corrected chi connectivity index (χ0v) is 19.2. The number of ether oxygens (including phenoxy) is 1. The lowest BCUT2D eigenvalue weighted by Gasteiger charge is -2.17. The number of fused-ring (bicyclic) bond motifs is 1. The second-order valence-corrected chi connectivity index (χ2v) is 9.87. The van der Waals surface area contributed by atoms with Gasteiger partial charge in [0, 0.05) is 16.0 Å². The number of carbonyl (C=O) groups excluding carboxylic acids is 1. The first-order valence-corrected chi connectivity index (χ1v) is 12.3. The standard InChI is InChI=1S/C25H21NO4S2/c1-3-30-18-10-14-20(15-11-18)32(28,29)26-23-16-24(31-19-12-8-17(2)9-13-19)25(27)22-7-5-4-6-21(22)23/h4-16H,3H2,1-2H3. The molecule has 0 atom stereocenters. The van der Waals surface area contributed by atoms with E-state index in [-0.39, 0.29) is 16.4 Å². The minimum absolute atomic E-state index is 0.0592. The zero-order valence-electron chi connectivity index (χ0n) is 17.6. The summed E-state index contributed by atoms with van der Waals surface area (Å²) in [5.74, 6) is 0.438. The van der Waals surface area contributed by atoms with Gasteiger partial charge in [-0.1, -0.05) is 53.7 Å². The van der Waals surface area contributed by atoms with Gasteiger partial charge in [0.15, 0.2) is 5.78 Å². The summed E-state index contributed by atoms with van der Waals surface area (Å²) in [5.41, 5.74) is 2.29. The van der Waals surface area contributed by atoms with Gasteiger partial charge in [0.2, 0.25) is 0 Å². The van der Waals surface area contributed by atoms with E-state index in [1.807, 2.05) is 38.1 Å².